The average molecular weight is 322 g/mol. The van der Waals surface area contributed by atoms with Gasteiger partial charge in [-0.2, -0.15) is 0 Å². The zero-order valence-electron chi connectivity index (χ0n) is 12.5. The zero-order chi connectivity index (χ0) is 16.2. The summed E-state index contributed by atoms with van der Waals surface area (Å²) in [5, 5.41) is 0. The van der Waals surface area contributed by atoms with Gasteiger partial charge in [0.1, 0.15) is 23.7 Å². The largest absolute Gasteiger partial charge is 0.370 e. The molecular weight excluding hydrogens is 305 g/mol. The second kappa shape index (κ2) is 6.85. The molecule has 122 valence electrons. The Labute approximate surface area is 132 Å². The van der Waals surface area contributed by atoms with E-state index in [1.54, 1.807) is 12.1 Å². The van der Waals surface area contributed by atoms with Crippen molar-refractivity contribution in [2.75, 3.05) is 36.0 Å². The van der Waals surface area contributed by atoms with E-state index >= 15 is 0 Å². The second-order valence-corrected chi connectivity index (χ2v) is 5.41. The van der Waals surface area contributed by atoms with Gasteiger partial charge >= 0.3 is 0 Å². The van der Waals surface area contributed by atoms with E-state index in [1.165, 1.54) is 24.5 Å². The highest BCUT2D eigenvalue weighted by molar-refractivity contribution is 5.48. The van der Waals surface area contributed by atoms with E-state index in [0.717, 1.165) is 31.7 Å². The summed E-state index contributed by atoms with van der Waals surface area (Å²) in [6.07, 6.45) is -0.551. The first kappa shape index (κ1) is 15.6. The molecule has 1 aromatic carbocycles. The lowest BCUT2D eigenvalue weighted by atomic mass is 10.2. The van der Waals surface area contributed by atoms with Gasteiger partial charge < -0.3 is 9.80 Å². The minimum absolute atomic E-state index is 0.255. The van der Waals surface area contributed by atoms with E-state index in [4.69, 9.17) is 0 Å². The van der Waals surface area contributed by atoms with Crippen molar-refractivity contribution >= 4 is 11.5 Å². The van der Waals surface area contributed by atoms with Gasteiger partial charge in [0.05, 0.1) is 0 Å². The van der Waals surface area contributed by atoms with Gasteiger partial charge in [0, 0.05) is 37.9 Å². The Kier molecular flexibility index (Phi) is 4.64. The van der Waals surface area contributed by atoms with E-state index in [1.807, 2.05) is 4.90 Å². The molecule has 2 heterocycles. The third kappa shape index (κ3) is 3.72. The summed E-state index contributed by atoms with van der Waals surface area (Å²) in [5.74, 6) is 0.266. The fourth-order valence-electron chi connectivity index (χ4n) is 2.71. The Balaban J connectivity index is 1.71. The quantitative estimate of drug-likeness (QED) is 0.868. The van der Waals surface area contributed by atoms with Crippen LogP contribution in [-0.2, 0) is 0 Å². The first-order chi connectivity index (χ1) is 11.1. The number of benzene rings is 1. The number of halogens is 3. The number of anilines is 2. The van der Waals surface area contributed by atoms with E-state index < -0.39 is 6.43 Å². The van der Waals surface area contributed by atoms with Gasteiger partial charge in [0.2, 0.25) is 0 Å². The maximum Gasteiger partial charge on any atom is 0.280 e. The Hall–Kier alpha value is -2.31. The fraction of sp³-hybridized carbons (Fsp3) is 0.375. The molecule has 1 aromatic heterocycles. The summed E-state index contributed by atoms with van der Waals surface area (Å²) in [6.45, 7) is 2.95. The van der Waals surface area contributed by atoms with E-state index in [9.17, 15) is 13.2 Å². The summed E-state index contributed by atoms with van der Waals surface area (Å²) in [6, 6.07) is 7.74. The Morgan fingerprint density at radius 3 is 2.35 bits per heavy atom. The molecule has 0 bridgehead atoms. The molecule has 0 N–H and O–H groups in total. The van der Waals surface area contributed by atoms with E-state index in [2.05, 4.69) is 14.9 Å². The molecule has 1 aliphatic heterocycles. The predicted octanol–water partition coefficient (Wildman–Crippen LogP) is 3.27. The Bertz CT molecular complexity index is 648. The molecule has 0 unspecified atom stereocenters. The van der Waals surface area contributed by atoms with Gasteiger partial charge in [-0.25, -0.2) is 23.1 Å². The van der Waals surface area contributed by atoms with Crippen LogP contribution in [0.1, 0.15) is 18.5 Å². The second-order valence-electron chi connectivity index (χ2n) is 5.41. The van der Waals surface area contributed by atoms with Crippen molar-refractivity contribution in [1.29, 1.82) is 0 Å². The molecule has 0 saturated carbocycles. The normalized spacial score (nSPS) is 15.8. The van der Waals surface area contributed by atoms with Gasteiger partial charge in [-0.05, 0) is 30.7 Å². The average Bonchev–Trinajstić information content (AvgIpc) is 2.82. The zero-order valence-corrected chi connectivity index (χ0v) is 12.5. The molecule has 1 fully saturated rings. The highest BCUT2D eigenvalue weighted by Gasteiger charge is 2.18. The summed E-state index contributed by atoms with van der Waals surface area (Å²) < 4.78 is 38.5. The topological polar surface area (TPSA) is 32.3 Å². The molecule has 0 aliphatic carbocycles. The lowest BCUT2D eigenvalue weighted by Crippen LogP contribution is -2.31. The summed E-state index contributed by atoms with van der Waals surface area (Å²) in [5.41, 5.74) is 0.707. The van der Waals surface area contributed by atoms with Crippen LogP contribution in [0.15, 0.2) is 36.7 Å². The van der Waals surface area contributed by atoms with Crippen LogP contribution in [0.4, 0.5) is 24.7 Å². The highest BCUT2D eigenvalue weighted by atomic mass is 19.3. The minimum atomic E-state index is -2.60. The number of rotatable bonds is 3. The molecule has 0 spiro atoms. The lowest BCUT2D eigenvalue weighted by Gasteiger charge is -2.24. The van der Waals surface area contributed by atoms with Crippen LogP contribution in [0.3, 0.4) is 0 Å². The molecule has 0 amide bonds. The molecule has 0 atom stereocenters. The number of hydrogen-bond acceptors (Lipinski definition) is 4. The SMILES string of the molecule is Fc1ccc(N2CCCN(c3cc(C(F)F)ncn3)CC2)cc1. The molecule has 7 heteroatoms. The molecule has 23 heavy (non-hydrogen) atoms. The van der Waals surface area contributed by atoms with Gasteiger partial charge in [0.25, 0.3) is 6.43 Å². The summed E-state index contributed by atoms with van der Waals surface area (Å²) in [7, 11) is 0. The molecule has 3 rings (SSSR count). The van der Waals surface area contributed by atoms with Crippen molar-refractivity contribution in [3.63, 3.8) is 0 Å². The van der Waals surface area contributed by atoms with E-state index in [0.29, 0.717) is 12.4 Å². The van der Waals surface area contributed by atoms with Crippen LogP contribution in [0.2, 0.25) is 0 Å². The molecule has 4 nitrogen and oxygen atoms in total. The molecule has 0 radical (unpaired) electrons. The third-order valence-electron chi connectivity index (χ3n) is 3.91. The van der Waals surface area contributed by atoms with Crippen molar-refractivity contribution < 1.29 is 13.2 Å². The molecular formula is C16H17F3N4. The van der Waals surface area contributed by atoms with Gasteiger partial charge in [-0.3, -0.25) is 0 Å². The number of alkyl halides is 2. The van der Waals surface area contributed by atoms with Crippen LogP contribution in [0, 0.1) is 5.82 Å². The predicted molar refractivity (Wildman–Crippen MR) is 82.4 cm³/mol. The van der Waals surface area contributed by atoms with Gasteiger partial charge in [0.15, 0.2) is 0 Å². The number of nitrogens with zero attached hydrogens (tertiary/aromatic N) is 4. The first-order valence-electron chi connectivity index (χ1n) is 7.49. The maximum absolute atomic E-state index is 13.0. The maximum atomic E-state index is 13.0. The third-order valence-corrected chi connectivity index (χ3v) is 3.91. The molecule has 1 saturated heterocycles. The van der Waals surface area contributed by atoms with Crippen LogP contribution >= 0.6 is 0 Å². The fourth-order valence-corrected chi connectivity index (χ4v) is 2.71. The van der Waals surface area contributed by atoms with Crippen molar-refractivity contribution in [3.05, 3.63) is 48.2 Å². The minimum Gasteiger partial charge on any atom is -0.370 e. The van der Waals surface area contributed by atoms with Gasteiger partial charge in [-0.15, -0.1) is 0 Å². The van der Waals surface area contributed by atoms with E-state index in [-0.39, 0.29) is 11.5 Å². The van der Waals surface area contributed by atoms with Crippen molar-refractivity contribution in [3.8, 4) is 0 Å². The number of hydrogen-bond donors (Lipinski definition) is 0. The van der Waals surface area contributed by atoms with Crippen molar-refractivity contribution in [2.45, 2.75) is 12.8 Å². The Morgan fingerprint density at radius 1 is 0.913 bits per heavy atom. The van der Waals surface area contributed by atoms with Crippen LogP contribution in [0.5, 0.6) is 0 Å². The van der Waals surface area contributed by atoms with Crippen molar-refractivity contribution in [2.24, 2.45) is 0 Å². The molecule has 1 aliphatic rings. The summed E-state index contributed by atoms with van der Waals surface area (Å²) in [4.78, 5) is 11.8. The van der Waals surface area contributed by atoms with Crippen LogP contribution < -0.4 is 9.80 Å². The Morgan fingerprint density at radius 2 is 1.61 bits per heavy atom. The summed E-state index contributed by atoms with van der Waals surface area (Å²) >= 11 is 0. The first-order valence-corrected chi connectivity index (χ1v) is 7.49. The standard InChI is InChI=1S/C16H17F3N4/c17-12-2-4-13(5-3-12)22-6-1-7-23(9-8-22)15-10-14(16(18)19)20-11-21-15/h2-5,10-11,16H,1,6-9H2. The highest BCUT2D eigenvalue weighted by Crippen LogP contribution is 2.22. The van der Waals surface area contributed by atoms with Crippen LogP contribution in [-0.4, -0.2) is 36.1 Å². The van der Waals surface area contributed by atoms with Gasteiger partial charge in [-0.1, -0.05) is 0 Å². The smallest absolute Gasteiger partial charge is 0.280 e. The number of aromatic nitrogens is 2. The van der Waals surface area contributed by atoms with Crippen molar-refractivity contribution in [1.82, 2.24) is 9.97 Å². The molecule has 2 aromatic rings. The van der Waals surface area contributed by atoms with Crippen LogP contribution in [0.25, 0.3) is 0 Å². The monoisotopic (exact) mass is 322 g/mol. The lowest BCUT2D eigenvalue weighted by molar-refractivity contribution is 0.146.